The predicted octanol–water partition coefficient (Wildman–Crippen LogP) is 3.43. The van der Waals surface area contributed by atoms with Crippen molar-refractivity contribution in [2.24, 2.45) is 5.92 Å². The number of hydrogen-bond acceptors (Lipinski definition) is 1. The second-order valence-corrected chi connectivity index (χ2v) is 5.52. The molecule has 2 nitrogen and oxygen atoms in total. The maximum Gasteiger partial charge on any atom is 0.222 e. The monoisotopic (exact) mass is 245 g/mol. The highest BCUT2D eigenvalue weighted by Gasteiger charge is 2.25. The Kier molecular flexibility index (Phi) is 6.18. The van der Waals surface area contributed by atoms with Crippen molar-refractivity contribution in [2.45, 2.75) is 58.4 Å². The van der Waals surface area contributed by atoms with Gasteiger partial charge in [0, 0.05) is 24.9 Å². The van der Waals surface area contributed by atoms with E-state index in [0.29, 0.717) is 30.2 Å². The fourth-order valence-corrected chi connectivity index (χ4v) is 2.56. The van der Waals surface area contributed by atoms with Gasteiger partial charge in [-0.25, -0.2) is 0 Å². The van der Waals surface area contributed by atoms with Crippen LogP contribution in [0.3, 0.4) is 0 Å². The maximum atomic E-state index is 12.1. The molecule has 0 N–H and O–H groups in total. The molecule has 0 atom stereocenters. The Morgan fingerprint density at radius 3 is 2.50 bits per heavy atom. The average Bonchev–Trinajstić information content (AvgIpc) is 2.75. The topological polar surface area (TPSA) is 20.3 Å². The summed E-state index contributed by atoms with van der Waals surface area (Å²) in [6.07, 6.45) is 6.55. The van der Waals surface area contributed by atoms with Crippen molar-refractivity contribution in [1.29, 1.82) is 0 Å². The van der Waals surface area contributed by atoms with Gasteiger partial charge < -0.3 is 4.90 Å². The fourth-order valence-electron chi connectivity index (χ4n) is 2.37. The lowest BCUT2D eigenvalue weighted by Crippen LogP contribution is -2.40. The van der Waals surface area contributed by atoms with E-state index < -0.39 is 0 Å². The Hall–Kier alpha value is -0.240. The second kappa shape index (κ2) is 7.16. The standard InChI is InChI=1S/C13H24ClNO/c1-11(2)7-8-13(16)15(10-9-14)12-5-3-4-6-12/h11-12H,3-10H2,1-2H3. The molecule has 1 rings (SSSR count). The van der Waals surface area contributed by atoms with Crippen molar-refractivity contribution >= 4 is 17.5 Å². The molecule has 0 aromatic carbocycles. The summed E-state index contributed by atoms with van der Waals surface area (Å²) in [5.74, 6) is 1.47. The highest BCUT2D eigenvalue weighted by atomic mass is 35.5. The fraction of sp³-hybridized carbons (Fsp3) is 0.923. The molecule has 0 unspecified atom stereocenters. The number of carbonyl (C=O) groups is 1. The van der Waals surface area contributed by atoms with Crippen LogP contribution in [0.2, 0.25) is 0 Å². The second-order valence-electron chi connectivity index (χ2n) is 5.15. The van der Waals surface area contributed by atoms with Gasteiger partial charge in [0.25, 0.3) is 0 Å². The van der Waals surface area contributed by atoms with Crippen LogP contribution in [0, 0.1) is 5.92 Å². The first-order chi connectivity index (χ1) is 7.65. The van der Waals surface area contributed by atoms with E-state index in [9.17, 15) is 4.79 Å². The van der Waals surface area contributed by atoms with Crippen LogP contribution in [-0.2, 0) is 4.79 Å². The minimum Gasteiger partial charge on any atom is -0.339 e. The molecule has 94 valence electrons. The molecule has 0 saturated heterocycles. The molecular formula is C13H24ClNO. The van der Waals surface area contributed by atoms with E-state index in [1.54, 1.807) is 0 Å². The lowest BCUT2D eigenvalue weighted by atomic mass is 10.1. The number of nitrogens with zero attached hydrogens (tertiary/aromatic N) is 1. The lowest BCUT2D eigenvalue weighted by Gasteiger charge is -2.28. The van der Waals surface area contributed by atoms with Gasteiger partial charge >= 0.3 is 0 Å². The van der Waals surface area contributed by atoms with Gasteiger partial charge in [-0.05, 0) is 25.2 Å². The zero-order valence-corrected chi connectivity index (χ0v) is 11.3. The van der Waals surface area contributed by atoms with E-state index in [4.69, 9.17) is 11.6 Å². The van der Waals surface area contributed by atoms with Crippen LogP contribution in [0.25, 0.3) is 0 Å². The molecule has 1 fully saturated rings. The Morgan fingerprint density at radius 1 is 1.38 bits per heavy atom. The molecule has 0 bridgehead atoms. The summed E-state index contributed by atoms with van der Waals surface area (Å²) in [6, 6.07) is 0.471. The molecule has 1 saturated carbocycles. The Labute approximate surface area is 104 Å². The molecule has 0 heterocycles. The van der Waals surface area contributed by atoms with Crippen molar-refractivity contribution in [1.82, 2.24) is 4.90 Å². The van der Waals surface area contributed by atoms with E-state index in [-0.39, 0.29) is 0 Å². The number of alkyl halides is 1. The van der Waals surface area contributed by atoms with Crippen LogP contribution in [0.5, 0.6) is 0 Å². The summed E-state index contributed by atoms with van der Waals surface area (Å²) in [7, 11) is 0. The number of amides is 1. The van der Waals surface area contributed by atoms with E-state index in [1.807, 2.05) is 4.90 Å². The molecule has 0 aromatic rings. The summed E-state index contributed by atoms with van der Waals surface area (Å²) in [6.45, 7) is 5.05. The molecular weight excluding hydrogens is 222 g/mol. The van der Waals surface area contributed by atoms with E-state index in [0.717, 1.165) is 13.0 Å². The average molecular weight is 246 g/mol. The van der Waals surface area contributed by atoms with Crippen molar-refractivity contribution in [3.63, 3.8) is 0 Å². The lowest BCUT2D eigenvalue weighted by molar-refractivity contribution is -0.133. The third-order valence-electron chi connectivity index (χ3n) is 3.35. The van der Waals surface area contributed by atoms with Gasteiger partial charge in [0.2, 0.25) is 5.91 Å². The van der Waals surface area contributed by atoms with Gasteiger partial charge in [-0.15, -0.1) is 11.6 Å². The highest BCUT2D eigenvalue weighted by molar-refractivity contribution is 6.18. The van der Waals surface area contributed by atoms with Crippen LogP contribution < -0.4 is 0 Å². The third kappa shape index (κ3) is 4.32. The predicted molar refractivity (Wildman–Crippen MR) is 68.8 cm³/mol. The smallest absolute Gasteiger partial charge is 0.222 e. The third-order valence-corrected chi connectivity index (χ3v) is 3.52. The van der Waals surface area contributed by atoms with Crippen molar-refractivity contribution in [2.75, 3.05) is 12.4 Å². The molecule has 3 heteroatoms. The van der Waals surface area contributed by atoms with E-state index in [1.165, 1.54) is 25.7 Å². The number of rotatable bonds is 6. The van der Waals surface area contributed by atoms with Crippen molar-refractivity contribution in [3.05, 3.63) is 0 Å². The Balaban J connectivity index is 2.44. The molecule has 1 aliphatic carbocycles. The summed E-state index contributed by atoms with van der Waals surface area (Å²) in [4.78, 5) is 14.1. The van der Waals surface area contributed by atoms with Crippen LogP contribution in [0.1, 0.15) is 52.4 Å². The van der Waals surface area contributed by atoms with E-state index in [2.05, 4.69) is 13.8 Å². The summed E-state index contributed by atoms with van der Waals surface area (Å²) < 4.78 is 0. The van der Waals surface area contributed by atoms with Crippen LogP contribution in [0.15, 0.2) is 0 Å². The van der Waals surface area contributed by atoms with Crippen LogP contribution in [0.4, 0.5) is 0 Å². The Morgan fingerprint density at radius 2 is 2.00 bits per heavy atom. The van der Waals surface area contributed by atoms with E-state index >= 15 is 0 Å². The molecule has 1 amide bonds. The quantitative estimate of drug-likeness (QED) is 0.657. The van der Waals surface area contributed by atoms with Crippen molar-refractivity contribution in [3.8, 4) is 0 Å². The SMILES string of the molecule is CC(C)CCC(=O)N(CCCl)C1CCCC1. The minimum absolute atomic E-state index is 0.307. The Bertz CT molecular complexity index is 212. The van der Waals surface area contributed by atoms with Gasteiger partial charge in [0.05, 0.1) is 0 Å². The zero-order valence-electron chi connectivity index (χ0n) is 10.5. The first-order valence-electron chi connectivity index (χ1n) is 6.50. The molecule has 0 aliphatic heterocycles. The van der Waals surface area contributed by atoms with Gasteiger partial charge in [0.15, 0.2) is 0 Å². The van der Waals surface area contributed by atoms with Crippen LogP contribution >= 0.6 is 11.6 Å². The molecule has 1 aliphatic rings. The van der Waals surface area contributed by atoms with Gasteiger partial charge in [-0.3, -0.25) is 4.79 Å². The first-order valence-corrected chi connectivity index (χ1v) is 7.04. The largest absolute Gasteiger partial charge is 0.339 e. The molecule has 0 aromatic heterocycles. The summed E-state index contributed by atoms with van der Waals surface area (Å²) in [5.41, 5.74) is 0. The molecule has 16 heavy (non-hydrogen) atoms. The normalized spacial score (nSPS) is 17.0. The summed E-state index contributed by atoms with van der Waals surface area (Å²) >= 11 is 5.79. The van der Waals surface area contributed by atoms with Crippen LogP contribution in [-0.4, -0.2) is 29.3 Å². The van der Waals surface area contributed by atoms with Gasteiger partial charge in [-0.2, -0.15) is 0 Å². The molecule has 0 spiro atoms. The number of hydrogen-bond donors (Lipinski definition) is 0. The number of halogens is 1. The van der Waals surface area contributed by atoms with Crippen molar-refractivity contribution < 1.29 is 4.79 Å². The first kappa shape index (κ1) is 13.8. The number of carbonyl (C=O) groups excluding carboxylic acids is 1. The maximum absolute atomic E-state index is 12.1. The zero-order chi connectivity index (χ0) is 12.0. The minimum atomic E-state index is 0.307. The molecule has 0 radical (unpaired) electrons. The van der Waals surface area contributed by atoms with Gasteiger partial charge in [0.1, 0.15) is 0 Å². The highest BCUT2D eigenvalue weighted by Crippen LogP contribution is 2.24. The summed E-state index contributed by atoms with van der Waals surface area (Å²) in [5, 5.41) is 0. The van der Waals surface area contributed by atoms with Gasteiger partial charge in [-0.1, -0.05) is 26.7 Å².